The van der Waals surface area contributed by atoms with Gasteiger partial charge in [0, 0.05) is 4.90 Å². The molecule has 0 radical (unpaired) electrons. The Morgan fingerprint density at radius 2 is 1.95 bits per heavy atom. The molecule has 0 saturated carbocycles. The van der Waals surface area contributed by atoms with Gasteiger partial charge in [0.25, 0.3) is 0 Å². The van der Waals surface area contributed by atoms with Gasteiger partial charge in [-0.3, -0.25) is 4.79 Å². The maximum Gasteiger partial charge on any atom is 0.234 e. The zero-order valence-electron chi connectivity index (χ0n) is 10.7. The second-order valence-corrected chi connectivity index (χ2v) is 6.01. The summed E-state index contributed by atoms with van der Waals surface area (Å²) in [6.45, 7) is 0. The van der Waals surface area contributed by atoms with Crippen LogP contribution in [0.25, 0.3) is 0 Å². The molecule has 0 spiro atoms. The molecule has 3 N–H and O–H groups in total. The zero-order chi connectivity index (χ0) is 15.4. The minimum atomic E-state index is -0.448. The monoisotopic (exact) mass is 344 g/mol. The number of thioether (sulfide) groups is 1. The van der Waals surface area contributed by atoms with Crippen molar-refractivity contribution in [1.29, 1.82) is 0 Å². The van der Waals surface area contributed by atoms with Gasteiger partial charge in [-0.1, -0.05) is 23.2 Å². The third-order valence-electron chi connectivity index (χ3n) is 2.55. The summed E-state index contributed by atoms with van der Waals surface area (Å²) in [5, 5.41) is 3.52. The second kappa shape index (κ2) is 7.02. The Bertz CT molecular complexity index is 682. The van der Waals surface area contributed by atoms with Crippen molar-refractivity contribution >= 4 is 52.2 Å². The van der Waals surface area contributed by atoms with Gasteiger partial charge in [0.1, 0.15) is 5.82 Å². The van der Waals surface area contributed by atoms with Gasteiger partial charge < -0.3 is 11.1 Å². The highest BCUT2D eigenvalue weighted by Crippen LogP contribution is 2.28. The van der Waals surface area contributed by atoms with Crippen LogP contribution in [0, 0.1) is 5.82 Å². The van der Waals surface area contributed by atoms with Crippen LogP contribution in [0.15, 0.2) is 41.3 Å². The van der Waals surface area contributed by atoms with E-state index in [1.807, 2.05) is 0 Å². The largest absolute Gasteiger partial charge is 0.397 e. The predicted molar refractivity (Wildman–Crippen MR) is 86.6 cm³/mol. The Balaban J connectivity index is 1.94. The third-order valence-corrected chi connectivity index (χ3v) is 4.28. The van der Waals surface area contributed by atoms with Crippen LogP contribution in [0.4, 0.5) is 15.8 Å². The van der Waals surface area contributed by atoms with E-state index in [4.69, 9.17) is 28.9 Å². The molecule has 2 rings (SSSR count). The molecule has 0 aromatic heterocycles. The first-order chi connectivity index (χ1) is 9.95. The molecule has 0 unspecified atom stereocenters. The molecule has 3 nitrogen and oxygen atoms in total. The van der Waals surface area contributed by atoms with Crippen molar-refractivity contribution in [2.75, 3.05) is 16.8 Å². The summed E-state index contributed by atoms with van der Waals surface area (Å²) in [5.41, 5.74) is 6.19. The number of nitrogens with one attached hydrogen (secondary N) is 1. The Morgan fingerprint density at radius 1 is 1.19 bits per heavy atom. The van der Waals surface area contributed by atoms with Crippen molar-refractivity contribution in [2.45, 2.75) is 4.90 Å². The second-order valence-electron chi connectivity index (χ2n) is 4.14. The molecule has 0 atom stereocenters. The van der Waals surface area contributed by atoms with E-state index in [2.05, 4.69) is 5.32 Å². The lowest BCUT2D eigenvalue weighted by atomic mass is 10.2. The molecular weight excluding hydrogens is 334 g/mol. The number of carbonyl (C=O) groups is 1. The van der Waals surface area contributed by atoms with Crippen LogP contribution < -0.4 is 11.1 Å². The van der Waals surface area contributed by atoms with Gasteiger partial charge in [-0.05, 0) is 36.4 Å². The fourth-order valence-corrected chi connectivity index (χ4v) is 2.65. The van der Waals surface area contributed by atoms with E-state index >= 15 is 0 Å². The molecule has 0 bridgehead atoms. The average Bonchev–Trinajstić information content (AvgIpc) is 2.43. The van der Waals surface area contributed by atoms with Crippen molar-refractivity contribution in [1.82, 2.24) is 0 Å². The van der Waals surface area contributed by atoms with Crippen LogP contribution in [-0.4, -0.2) is 11.7 Å². The molecule has 21 heavy (non-hydrogen) atoms. The number of nitrogens with two attached hydrogens (primary N) is 1. The molecule has 0 aliphatic heterocycles. The molecule has 0 saturated heterocycles. The molecule has 0 aliphatic carbocycles. The number of amides is 1. The number of nitrogen functional groups attached to an aromatic ring is 1. The fraction of sp³-hybridized carbons (Fsp3) is 0.0714. The van der Waals surface area contributed by atoms with Gasteiger partial charge in [0.15, 0.2) is 0 Å². The van der Waals surface area contributed by atoms with E-state index in [1.165, 1.54) is 23.9 Å². The number of carbonyl (C=O) groups excluding carboxylic acids is 1. The van der Waals surface area contributed by atoms with E-state index in [9.17, 15) is 9.18 Å². The van der Waals surface area contributed by atoms with Gasteiger partial charge in [-0.25, -0.2) is 4.39 Å². The van der Waals surface area contributed by atoms with Gasteiger partial charge in [-0.2, -0.15) is 0 Å². The summed E-state index contributed by atoms with van der Waals surface area (Å²) >= 11 is 13.0. The first-order valence-electron chi connectivity index (χ1n) is 5.88. The lowest BCUT2D eigenvalue weighted by Crippen LogP contribution is -2.15. The number of hydrogen-bond donors (Lipinski definition) is 2. The van der Waals surface area contributed by atoms with Crippen LogP contribution >= 0.6 is 35.0 Å². The van der Waals surface area contributed by atoms with E-state index in [1.54, 1.807) is 18.2 Å². The molecular formula is C14H11Cl2FN2OS. The molecule has 2 aromatic rings. The van der Waals surface area contributed by atoms with Gasteiger partial charge >= 0.3 is 0 Å². The summed E-state index contributed by atoms with van der Waals surface area (Å²) in [5.74, 6) is -0.519. The average molecular weight is 345 g/mol. The molecule has 0 fully saturated rings. The van der Waals surface area contributed by atoms with Crippen molar-refractivity contribution in [2.24, 2.45) is 0 Å². The Morgan fingerprint density at radius 3 is 2.62 bits per heavy atom. The van der Waals surface area contributed by atoms with Crippen LogP contribution in [0.3, 0.4) is 0 Å². The molecule has 0 heterocycles. The zero-order valence-corrected chi connectivity index (χ0v) is 13.0. The first kappa shape index (κ1) is 15.9. The topological polar surface area (TPSA) is 55.1 Å². The van der Waals surface area contributed by atoms with Crippen molar-refractivity contribution < 1.29 is 9.18 Å². The minimum Gasteiger partial charge on any atom is -0.397 e. The smallest absolute Gasteiger partial charge is 0.234 e. The molecule has 110 valence electrons. The molecule has 2 aromatic carbocycles. The van der Waals surface area contributed by atoms with Crippen LogP contribution in [-0.2, 0) is 4.79 Å². The van der Waals surface area contributed by atoms with Crippen LogP contribution in [0.2, 0.25) is 10.0 Å². The first-order valence-corrected chi connectivity index (χ1v) is 7.62. The number of anilines is 2. The predicted octanol–water partition coefficient (Wildman–Crippen LogP) is 4.45. The van der Waals surface area contributed by atoms with E-state index < -0.39 is 5.82 Å². The Hall–Kier alpha value is -1.43. The summed E-state index contributed by atoms with van der Waals surface area (Å²) in [6, 6.07) is 8.95. The van der Waals surface area contributed by atoms with Crippen molar-refractivity contribution in [3.8, 4) is 0 Å². The van der Waals surface area contributed by atoms with Crippen molar-refractivity contribution in [3.63, 3.8) is 0 Å². The van der Waals surface area contributed by atoms with Crippen LogP contribution in [0.1, 0.15) is 0 Å². The van der Waals surface area contributed by atoms with Gasteiger partial charge in [0.2, 0.25) is 5.91 Å². The number of hydrogen-bond acceptors (Lipinski definition) is 3. The summed E-state index contributed by atoms with van der Waals surface area (Å²) < 4.78 is 12.9. The summed E-state index contributed by atoms with van der Waals surface area (Å²) in [6.07, 6.45) is 0. The third kappa shape index (κ3) is 4.52. The lowest BCUT2D eigenvalue weighted by molar-refractivity contribution is -0.113. The summed E-state index contributed by atoms with van der Waals surface area (Å²) in [4.78, 5) is 12.7. The van der Waals surface area contributed by atoms with Gasteiger partial charge in [-0.15, -0.1) is 11.8 Å². The molecule has 1 amide bonds. The number of halogens is 3. The van der Waals surface area contributed by atoms with E-state index in [-0.39, 0.29) is 17.3 Å². The van der Waals surface area contributed by atoms with E-state index in [0.717, 1.165) is 11.0 Å². The summed E-state index contributed by atoms with van der Waals surface area (Å²) in [7, 11) is 0. The number of benzene rings is 2. The maximum absolute atomic E-state index is 12.9. The number of rotatable bonds is 4. The lowest BCUT2D eigenvalue weighted by Gasteiger charge is -2.08. The normalized spacial score (nSPS) is 10.4. The van der Waals surface area contributed by atoms with Crippen LogP contribution in [0.5, 0.6) is 0 Å². The molecule has 0 aliphatic rings. The highest BCUT2D eigenvalue weighted by Gasteiger charge is 2.08. The minimum absolute atomic E-state index is 0.175. The maximum atomic E-state index is 12.9. The van der Waals surface area contributed by atoms with Crippen molar-refractivity contribution in [3.05, 3.63) is 52.3 Å². The Labute approximate surface area is 135 Å². The van der Waals surface area contributed by atoms with Gasteiger partial charge in [0.05, 0.1) is 27.2 Å². The highest BCUT2D eigenvalue weighted by atomic mass is 35.5. The highest BCUT2D eigenvalue weighted by molar-refractivity contribution is 8.00. The fourth-order valence-electron chi connectivity index (χ4n) is 1.55. The van der Waals surface area contributed by atoms with E-state index in [0.29, 0.717) is 15.7 Å². The molecule has 7 heteroatoms. The quantitative estimate of drug-likeness (QED) is 0.636. The SMILES string of the molecule is Nc1cc(F)ccc1NC(=O)CSc1ccc(Cl)c(Cl)c1. The standard InChI is InChI=1S/C14H11Cl2FN2OS/c15-10-3-2-9(6-11(10)16)21-7-14(20)19-13-4-1-8(17)5-12(13)18/h1-6H,7,18H2,(H,19,20). The Kier molecular flexibility index (Phi) is 5.33.